The Labute approximate surface area is 913 Å². The Bertz CT molecular complexity index is 4960. The first-order chi connectivity index (χ1) is 69.7. The van der Waals surface area contributed by atoms with Crippen molar-refractivity contribution < 1.29 is 0 Å². The smallest absolute Gasteiger partial charge is 0.228 e. The number of hydrazine groups is 3. The van der Waals surface area contributed by atoms with Gasteiger partial charge in [0.15, 0.2) is 52.7 Å². The molecule has 45 nitrogen and oxygen atoms in total. The molecule has 9 heterocycles. The van der Waals surface area contributed by atoms with E-state index in [9.17, 15) is 0 Å². The lowest BCUT2D eigenvalue weighted by Crippen LogP contribution is -2.59. The number of thioether (sulfide) groups is 9. The van der Waals surface area contributed by atoms with Gasteiger partial charge in [0.1, 0.15) is 18.2 Å². The SMILES string of the molecule is CCNC1N=C(SC)N=C(C(C)C(C)C)N1N.CCNc1nc(NC(C)(C)C)nc(SC)n1.CCNc1nc(NC(C)C)nc(SC)n1.CCNc1nc(NC2CC2)nc(SC)n1.CCNc1nc(NCC)nc(SC)n1.CSC1=NC(C(C)C(C)C)N(N)C(=NC(C)(C)C)N1.CSC1=NC(C(C)C(C)C)N(N)C(=NC2CC2)N1.CSc1nc(NC2CC2)nc(NC(C)(C)C)n1.CSc1nc(NC2CC2)nc(NC2CC2)n1. The first-order valence-electron chi connectivity index (χ1n) is 50.6. The first-order valence-corrected chi connectivity index (χ1v) is 61.6. The molecule has 6 aromatic rings. The van der Waals surface area contributed by atoms with Crippen LogP contribution in [-0.2, 0) is 0 Å². The van der Waals surface area contributed by atoms with Gasteiger partial charge in [-0.1, -0.05) is 175 Å². The predicted molar refractivity (Wildman–Crippen MR) is 632 cm³/mol. The molecule has 5 aliphatic carbocycles. The number of amidine groups is 4. The van der Waals surface area contributed by atoms with E-state index in [2.05, 4.69) is 338 Å². The molecular formula is C93H173N45S9. The summed E-state index contributed by atoms with van der Waals surface area (Å²) in [7, 11) is 0. The number of hydrogen-bond acceptors (Lipinski definition) is 50. The molecule has 0 bridgehead atoms. The van der Waals surface area contributed by atoms with Gasteiger partial charge in [0.25, 0.3) is 0 Å². The molecule has 6 aromatic heterocycles. The molecule has 8 aliphatic rings. The van der Waals surface area contributed by atoms with E-state index in [0.717, 1.165) is 97.5 Å². The van der Waals surface area contributed by atoms with E-state index in [0.29, 0.717) is 149 Å². The van der Waals surface area contributed by atoms with Gasteiger partial charge in [-0.25, -0.2) is 47.5 Å². The lowest BCUT2D eigenvalue weighted by Gasteiger charge is -2.37. The van der Waals surface area contributed by atoms with Crippen LogP contribution < -0.4 is 97.3 Å². The third-order valence-electron chi connectivity index (χ3n) is 21.2. The molecule has 0 spiro atoms. The van der Waals surface area contributed by atoms with Crippen LogP contribution in [0.3, 0.4) is 0 Å². The summed E-state index contributed by atoms with van der Waals surface area (Å²) in [5, 5.41) is 60.0. The second-order valence-electron chi connectivity index (χ2n) is 39.3. The molecule has 0 saturated heterocycles. The Balaban J connectivity index is 0.000000253. The summed E-state index contributed by atoms with van der Waals surface area (Å²) >= 11 is 13.9. The van der Waals surface area contributed by atoms with E-state index >= 15 is 0 Å². The highest BCUT2D eigenvalue weighted by molar-refractivity contribution is 8.13. The minimum absolute atomic E-state index is 0.0220. The second kappa shape index (κ2) is 64.5. The number of nitrogens with two attached hydrogens (primary N) is 3. The van der Waals surface area contributed by atoms with Gasteiger partial charge in [0.2, 0.25) is 83.3 Å². The van der Waals surface area contributed by atoms with Crippen LogP contribution in [0.4, 0.5) is 71.4 Å². The highest BCUT2D eigenvalue weighted by Gasteiger charge is 2.37. The van der Waals surface area contributed by atoms with Gasteiger partial charge in [-0.15, -0.1) is 0 Å². The molecule has 5 fully saturated rings. The lowest BCUT2D eigenvalue weighted by molar-refractivity contribution is 0.197. The third-order valence-corrected chi connectivity index (χ3v) is 26.2. The Morgan fingerprint density at radius 1 is 0.340 bits per heavy atom. The van der Waals surface area contributed by atoms with Crippen LogP contribution in [0.25, 0.3) is 0 Å². The zero-order chi connectivity index (χ0) is 109. The van der Waals surface area contributed by atoms with Crippen molar-refractivity contribution in [2.24, 2.45) is 83.0 Å². The topological polar surface area (TPSA) is 574 Å². The first kappa shape index (κ1) is 127. The predicted octanol–water partition coefficient (Wildman–Crippen LogP) is 16.6. The number of aromatic nitrogens is 18. The molecule has 3 aliphatic heterocycles. The fourth-order valence-corrected chi connectivity index (χ4v) is 15.3. The van der Waals surface area contributed by atoms with Gasteiger partial charge in [-0.2, -0.15) is 89.7 Å². The van der Waals surface area contributed by atoms with Crippen LogP contribution in [0.2, 0.25) is 0 Å². The van der Waals surface area contributed by atoms with Crippen molar-refractivity contribution in [3.05, 3.63) is 0 Å². The molecule has 824 valence electrons. The summed E-state index contributed by atoms with van der Waals surface area (Å²) in [6.07, 6.45) is 29.6. The van der Waals surface area contributed by atoms with Gasteiger partial charge in [0, 0.05) is 91.8 Å². The number of guanidine groups is 2. The van der Waals surface area contributed by atoms with Crippen LogP contribution in [0, 0.1) is 35.5 Å². The Hall–Kier alpha value is -8.33. The van der Waals surface area contributed by atoms with E-state index in [1.54, 1.807) is 62.1 Å². The molecule has 5 saturated carbocycles. The molecule has 54 heteroatoms. The zero-order valence-electron chi connectivity index (χ0n) is 93.5. The van der Waals surface area contributed by atoms with Gasteiger partial charge in [0.05, 0.1) is 11.6 Å². The number of nitrogens with zero attached hydrogens (tertiary/aromatic N) is 27. The number of aliphatic imine (C=N–C) groups is 6. The average Bonchev–Trinajstić information content (AvgIpc) is 1.31. The average molecular weight is 2210 g/mol. The minimum atomic E-state index is -0.198. The highest BCUT2D eigenvalue weighted by atomic mass is 32.2. The molecule has 147 heavy (non-hydrogen) atoms. The van der Waals surface area contributed by atoms with Crippen LogP contribution in [0.15, 0.2) is 60.9 Å². The van der Waals surface area contributed by atoms with Crippen molar-refractivity contribution in [1.29, 1.82) is 0 Å². The van der Waals surface area contributed by atoms with E-state index < -0.39 is 0 Å². The number of nitrogens with one attached hydrogen (secondary N) is 15. The summed E-state index contributed by atoms with van der Waals surface area (Å²) in [6, 6.07) is 3.04. The Morgan fingerprint density at radius 3 is 0.912 bits per heavy atom. The van der Waals surface area contributed by atoms with E-state index in [1.165, 1.54) is 123 Å². The summed E-state index contributed by atoms with van der Waals surface area (Å²) < 4.78 is 0. The molecule has 0 amide bonds. The summed E-state index contributed by atoms with van der Waals surface area (Å²) in [6.45, 7) is 59.4. The van der Waals surface area contributed by atoms with Crippen molar-refractivity contribution in [2.45, 2.75) is 347 Å². The van der Waals surface area contributed by atoms with E-state index in [-0.39, 0.29) is 35.2 Å². The van der Waals surface area contributed by atoms with E-state index in [1.807, 2.05) is 97.8 Å². The maximum atomic E-state index is 6.21. The van der Waals surface area contributed by atoms with Gasteiger partial charge in [-0.05, 0) is 256 Å². The minimum Gasteiger partial charge on any atom is -0.354 e. The fourth-order valence-electron chi connectivity index (χ4n) is 11.9. The van der Waals surface area contributed by atoms with Crippen molar-refractivity contribution >= 4 is 210 Å². The van der Waals surface area contributed by atoms with Crippen LogP contribution in [-0.4, -0.2) is 305 Å². The van der Waals surface area contributed by atoms with Gasteiger partial charge < -0.3 is 74.4 Å². The number of anilines is 12. The summed E-state index contributed by atoms with van der Waals surface area (Å²) in [5.41, 5.74) is -0.277. The van der Waals surface area contributed by atoms with Crippen molar-refractivity contribution in [1.82, 2.24) is 121 Å². The molecule has 0 radical (unpaired) electrons. The van der Waals surface area contributed by atoms with Crippen LogP contribution in [0.1, 0.15) is 244 Å². The maximum absolute atomic E-state index is 6.21. The largest absolute Gasteiger partial charge is 0.354 e. The molecule has 0 aromatic carbocycles. The standard InChI is InChI=1S/C13H27N5S.C12H23N5S.C11H19N5S.C11H23N5S.C10H15N5S.C10H19N5S.C9H15N5S.C9H17N5S.C8H15N5S/c1-8(2)9(3)10-15-12(19-7)16-11(18(10)14)17-13(4,5)6;1-7(2)8(3)10-15-12(18-4)16-11(17(10)13)14-9-5-6-9;1-11(2,3)16-9-13-8(12-7-5-6-7)14-10(15-9)17-4;1-6-13-10-15-11(17-5)14-9(16(10)12)8(4)7(2)3;1-16-10-14-8(11-6-2-3-6)13-9(15-10)12-7-4-5-7;1-6-11-7-12-8(15-10(2,3)4)14-9(13-7)16-5;1-3-10-7-12-8(11-6-4-5-6)14-9(13-7)15-2;1-5-10-7-12-8(11-6(2)3)14-9(13-7)15-4;1-4-9-6-11-7(10-5-2)13-8(12-6)14-3/h8-10H,14H2,1-7H3,(H,15,16,17);7-10H,5-6,13H2,1-4H3,(H,14,15,16);7H,5-6H2,1-4H3,(H2,12,13,14,15,16);7-8,10,13H,6,12H2,1-5H3;6-7H,2-5H2,1H3,(H2,11,12,13,14,15);6H2,1-5H3,(H2,11,12,13,14,15);6H,3-5H2,1-2H3,(H2,10,11,12,13,14);6H,5H2,1-4H3,(H2,10,11,12,13,14);4-5H2,1-3H3,(H2,9,10,11,12,13). The summed E-state index contributed by atoms with van der Waals surface area (Å²) in [5.74, 6) is 31.3. The zero-order valence-corrected chi connectivity index (χ0v) is 101. The molecule has 6 atom stereocenters. The maximum Gasteiger partial charge on any atom is 0.228 e. The van der Waals surface area contributed by atoms with Crippen LogP contribution in [0.5, 0.6) is 0 Å². The lowest BCUT2D eigenvalue weighted by atomic mass is 9.94. The van der Waals surface area contributed by atoms with Crippen LogP contribution >= 0.6 is 106 Å². The molecule has 14 rings (SSSR count). The van der Waals surface area contributed by atoms with Gasteiger partial charge in [-0.3, -0.25) is 20.3 Å². The molecule has 6 unspecified atom stereocenters. The van der Waals surface area contributed by atoms with Crippen molar-refractivity contribution in [3.8, 4) is 0 Å². The Morgan fingerprint density at radius 2 is 0.633 bits per heavy atom. The quantitative estimate of drug-likeness (QED) is 0.0127. The second-order valence-corrected chi connectivity index (χ2v) is 46.3. The van der Waals surface area contributed by atoms with Crippen molar-refractivity contribution in [2.75, 3.05) is 159 Å². The van der Waals surface area contributed by atoms with E-state index in [4.69, 9.17) is 17.5 Å². The van der Waals surface area contributed by atoms with Gasteiger partial charge >= 0.3 is 0 Å². The summed E-state index contributed by atoms with van der Waals surface area (Å²) in [4.78, 5) is 105. The monoisotopic (exact) mass is 2210 g/mol. The normalized spacial score (nSPS) is 18.0. The fraction of sp³-hybridized carbons (Fsp3) is 0.742. The molecule has 21 N–H and O–H groups in total. The highest BCUT2D eigenvalue weighted by Crippen LogP contribution is 2.33. The Kier molecular flexibility index (Phi) is 55.9. The molecular weight excluding hydrogens is 2040 g/mol. The van der Waals surface area contributed by atoms with Crippen molar-refractivity contribution in [3.63, 3.8) is 0 Å². The number of hydrogen-bond donors (Lipinski definition) is 18. The number of rotatable bonds is 37. The third kappa shape index (κ3) is 49.8.